The number of hydrogen-bond donors (Lipinski definition) is 0. The minimum atomic E-state index is 0.00562. The third kappa shape index (κ3) is 3.09. The molecule has 0 amide bonds. The van der Waals surface area contributed by atoms with Crippen LogP contribution in [-0.2, 0) is 0 Å². The average molecular weight is 337 g/mol. The van der Waals surface area contributed by atoms with Crippen molar-refractivity contribution in [2.75, 3.05) is 0 Å². The third-order valence-electron chi connectivity index (χ3n) is 4.47. The lowest BCUT2D eigenvalue weighted by molar-refractivity contribution is 1.05. The van der Waals surface area contributed by atoms with Gasteiger partial charge in [0.05, 0.1) is 11.4 Å². The van der Waals surface area contributed by atoms with Crippen molar-refractivity contribution in [3.63, 3.8) is 0 Å². The van der Waals surface area contributed by atoms with Crippen LogP contribution in [0.1, 0.15) is 5.56 Å². The van der Waals surface area contributed by atoms with Gasteiger partial charge in [-0.2, -0.15) is 0 Å². The molecule has 1 heterocycles. The Bertz CT molecular complexity index is 1010. The van der Waals surface area contributed by atoms with Crippen LogP contribution < -0.4 is 5.43 Å². The molecule has 2 heteroatoms. The van der Waals surface area contributed by atoms with Crippen molar-refractivity contribution in [3.8, 4) is 28.2 Å². The molecule has 0 bridgehead atoms. The minimum absolute atomic E-state index is 0.00562. The molecule has 0 spiro atoms. The summed E-state index contributed by atoms with van der Waals surface area (Å²) in [4.78, 5) is 12.5. The van der Waals surface area contributed by atoms with Gasteiger partial charge in [0.2, 0.25) is 0 Å². The maximum atomic E-state index is 12.5. The number of benzene rings is 3. The molecule has 4 rings (SSSR count). The van der Waals surface area contributed by atoms with Gasteiger partial charge in [-0.3, -0.25) is 4.79 Å². The van der Waals surface area contributed by atoms with E-state index in [1.807, 2.05) is 60.7 Å². The van der Waals surface area contributed by atoms with Gasteiger partial charge in [0, 0.05) is 17.8 Å². The largest absolute Gasteiger partial charge is 0.309 e. The van der Waals surface area contributed by atoms with Crippen LogP contribution in [0.3, 0.4) is 0 Å². The lowest BCUT2D eigenvalue weighted by Gasteiger charge is -2.19. The second-order valence-electron chi connectivity index (χ2n) is 6.36. The molecule has 26 heavy (non-hydrogen) atoms. The molecule has 0 radical (unpaired) electrons. The summed E-state index contributed by atoms with van der Waals surface area (Å²) in [6, 6.07) is 31.9. The van der Waals surface area contributed by atoms with Gasteiger partial charge >= 0.3 is 0 Å². The minimum Gasteiger partial charge on any atom is -0.309 e. The zero-order valence-corrected chi connectivity index (χ0v) is 14.6. The summed E-state index contributed by atoms with van der Waals surface area (Å²) >= 11 is 0. The van der Waals surface area contributed by atoms with E-state index in [9.17, 15) is 4.79 Å². The molecule has 1 aromatic heterocycles. The monoisotopic (exact) mass is 337 g/mol. The summed E-state index contributed by atoms with van der Waals surface area (Å²) in [5.74, 6) is 0. The molecular weight excluding hydrogens is 318 g/mol. The fourth-order valence-corrected chi connectivity index (χ4v) is 3.18. The lowest BCUT2D eigenvalue weighted by Crippen LogP contribution is -2.11. The van der Waals surface area contributed by atoms with Gasteiger partial charge in [-0.1, -0.05) is 78.4 Å². The van der Waals surface area contributed by atoms with E-state index >= 15 is 0 Å². The highest BCUT2D eigenvalue weighted by atomic mass is 16.1. The fourth-order valence-electron chi connectivity index (χ4n) is 3.18. The molecule has 0 atom stereocenters. The number of aryl methyl sites for hydroxylation is 1. The Morgan fingerprint density at radius 1 is 0.615 bits per heavy atom. The molecule has 0 aliphatic rings. The van der Waals surface area contributed by atoms with E-state index in [0.717, 1.165) is 28.2 Å². The predicted octanol–water partition coefficient (Wildman–Crippen LogP) is 5.48. The first-order valence-corrected chi connectivity index (χ1v) is 8.67. The summed E-state index contributed by atoms with van der Waals surface area (Å²) in [6.45, 7) is 2.07. The number of nitrogens with zero attached hydrogens (tertiary/aromatic N) is 1. The third-order valence-corrected chi connectivity index (χ3v) is 4.47. The normalized spacial score (nSPS) is 10.7. The first kappa shape index (κ1) is 16.1. The molecule has 3 aromatic carbocycles. The highest BCUT2D eigenvalue weighted by Gasteiger charge is 2.13. The van der Waals surface area contributed by atoms with Crippen LogP contribution in [0.2, 0.25) is 0 Å². The van der Waals surface area contributed by atoms with E-state index in [4.69, 9.17) is 0 Å². The zero-order valence-electron chi connectivity index (χ0n) is 14.6. The lowest BCUT2D eigenvalue weighted by atomic mass is 10.1. The molecular formula is C24H19NO. The van der Waals surface area contributed by atoms with Gasteiger partial charge in [-0.15, -0.1) is 0 Å². The van der Waals surface area contributed by atoms with Crippen molar-refractivity contribution < 1.29 is 0 Å². The molecule has 0 saturated carbocycles. The van der Waals surface area contributed by atoms with Crippen molar-refractivity contribution in [3.05, 3.63) is 113 Å². The number of pyridine rings is 1. The quantitative estimate of drug-likeness (QED) is 0.485. The standard InChI is InChI=1S/C24H19NO/c1-18-12-14-21(15-13-18)25-23(19-8-4-2-5-9-19)16-22(26)17-24(25)20-10-6-3-7-11-20/h2-17H,1H3. The van der Waals surface area contributed by atoms with Crippen LogP contribution in [0.4, 0.5) is 0 Å². The summed E-state index contributed by atoms with van der Waals surface area (Å²) in [6.07, 6.45) is 0. The second-order valence-corrected chi connectivity index (χ2v) is 6.36. The molecule has 4 aromatic rings. The van der Waals surface area contributed by atoms with Gasteiger partial charge in [-0.05, 0) is 30.2 Å². The van der Waals surface area contributed by atoms with Crippen LogP contribution in [0.25, 0.3) is 28.2 Å². The van der Waals surface area contributed by atoms with E-state index in [-0.39, 0.29) is 5.43 Å². The Hall–Kier alpha value is -3.39. The Morgan fingerprint density at radius 3 is 1.54 bits per heavy atom. The first-order chi connectivity index (χ1) is 12.7. The number of rotatable bonds is 3. The Kier molecular flexibility index (Phi) is 4.24. The Morgan fingerprint density at radius 2 is 1.08 bits per heavy atom. The Balaban J connectivity index is 2.07. The van der Waals surface area contributed by atoms with Crippen molar-refractivity contribution in [2.45, 2.75) is 6.92 Å². The van der Waals surface area contributed by atoms with Gasteiger partial charge < -0.3 is 4.57 Å². The molecule has 0 saturated heterocycles. The van der Waals surface area contributed by atoms with Crippen molar-refractivity contribution in [2.24, 2.45) is 0 Å². The molecule has 0 aliphatic carbocycles. The topological polar surface area (TPSA) is 22.0 Å². The van der Waals surface area contributed by atoms with Crippen molar-refractivity contribution in [1.29, 1.82) is 0 Å². The molecule has 0 aliphatic heterocycles. The van der Waals surface area contributed by atoms with Gasteiger partial charge in [-0.25, -0.2) is 0 Å². The van der Waals surface area contributed by atoms with E-state index in [2.05, 4.69) is 35.8 Å². The van der Waals surface area contributed by atoms with E-state index in [0.29, 0.717) is 0 Å². The highest BCUT2D eigenvalue weighted by Crippen LogP contribution is 2.29. The van der Waals surface area contributed by atoms with Gasteiger partial charge in [0.1, 0.15) is 0 Å². The van der Waals surface area contributed by atoms with E-state index in [1.54, 1.807) is 12.1 Å². The molecule has 2 nitrogen and oxygen atoms in total. The van der Waals surface area contributed by atoms with Crippen LogP contribution in [0.5, 0.6) is 0 Å². The summed E-state index contributed by atoms with van der Waals surface area (Å²) < 4.78 is 2.16. The van der Waals surface area contributed by atoms with Gasteiger partial charge in [0.25, 0.3) is 0 Å². The molecule has 0 N–H and O–H groups in total. The number of aromatic nitrogens is 1. The second kappa shape index (κ2) is 6.85. The average Bonchev–Trinajstić information content (AvgIpc) is 2.69. The summed E-state index contributed by atoms with van der Waals surface area (Å²) in [5, 5.41) is 0. The van der Waals surface area contributed by atoms with Crippen LogP contribution in [0.15, 0.2) is 102 Å². The predicted molar refractivity (Wildman–Crippen MR) is 108 cm³/mol. The summed E-state index contributed by atoms with van der Waals surface area (Å²) in [5.41, 5.74) is 6.06. The number of hydrogen-bond acceptors (Lipinski definition) is 1. The Labute approximate surface area is 153 Å². The van der Waals surface area contributed by atoms with Crippen LogP contribution in [-0.4, -0.2) is 4.57 Å². The van der Waals surface area contributed by atoms with Crippen LogP contribution >= 0.6 is 0 Å². The fraction of sp³-hybridized carbons (Fsp3) is 0.0417. The SMILES string of the molecule is Cc1ccc(-n2c(-c3ccccc3)cc(=O)cc2-c2ccccc2)cc1. The first-order valence-electron chi connectivity index (χ1n) is 8.67. The summed E-state index contributed by atoms with van der Waals surface area (Å²) in [7, 11) is 0. The maximum absolute atomic E-state index is 12.5. The van der Waals surface area contributed by atoms with Crippen molar-refractivity contribution >= 4 is 0 Å². The molecule has 0 unspecified atom stereocenters. The highest BCUT2D eigenvalue weighted by molar-refractivity contribution is 5.71. The van der Waals surface area contributed by atoms with E-state index in [1.165, 1.54) is 5.56 Å². The molecule has 0 fully saturated rings. The van der Waals surface area contributed by atoms with E-state index < -0.39 is 0 Å². The van der Waals surface area contributed by atoms with Gasteiger partial charge in [0.15, 0.2) is 5.43 Å². The zero-order chi connectivity index (χ0) is 17.9. The smallest absolute Gasteiger partial charge is 0.182 e. The maximum Gasteiger partial charge on any atom is 0.182 e. The molecule has 126 valence electrons. The van der Waals surface area contributed by atoms with Crippen LogP contribution in [0, 0.1) is 6.92 Å². The van der Waals surface area contributed by atoms with Crippen molar-refractivity contribution in [1.82, 2.24) is 4.57 Å².